The Morgan fingerprint density at radius 2 is 1.81 bits per heavy atom. The Kier molecular flexibility index (Phi) is 5.62. The predicted octanol–water partition coefficient (Wildman–Crippen LogP) is 6.27. The van der Waals surface area contributed by atoms with Gasteiger partial charge >= 0.3 is 6.18 Å². The molecule has 0 radical (unpaired) electrons. The van der Waals surface area contributed by atoms with Gasteiger partial charge in [-0.3, -0.25) is 14.5 Å². The van der Waals surface area contributed by atoms with E-state index in [1.807, 2.05) is 0 Å². The molecule has 0 N–H and O–H groups in total. The van der Waals surface area contributed by atoms with E-state index in [1.54, 1.807) is 24.3 Å². The fraction of sp³-hybridized carbons (Fsp3) is 0.111. The number of nitrogens with zero attached hydrogens (tertiary/aromatic N) is 1. The number of ether oxygens (including phenoxy) is 1. The molecule has 5 nitrogen and oxygen atoms in total. The molecule has 4 aromatic rings. The van der Waals surface area contributed by atoms with E-state index in [0.717, 1.165) is 29.2 Å². The maximum atomic E-state index is 13.9. The highest BCUT2D eigenvalue weighted by molar-refractivity contribution is 6.10. The van der Waals surface area contributed by atoms with Crippen LogP contribution in [0.3, 0.4) is 0 Å². The van der Waals surface area contributed by atoms with Crippen LogP contribution in [0.4, 0.5) is 23.2 Å². The molecule has 9 heteroatoms. The van der Waals surface area contributed by atoms with Crippen molar-refractivity contribution in [1.82, 2.24) is 0 Å². The van der Waals surface area contributed by atoms with Gasteiger partial charge in [0.2, 0.25) is 5.76 Å². The van der Waals surface area contributed by atoms with Crippen LogP contribution in [0.15, 0.2) is 88.6 Å². The summed E-state index contributed by atoms with van der Waals surface area (Å²) in [5.74, 6) is -1.40. The zero-order valence-corrected chi connectivity index (χ0v) is 18.5. The number of anilines is 1. The van der Waals surface area contributed by atoms with Crippen molar-refractivity contribution in [2.45, 2.75) is 12.2 Å². The van der Waals surface area contributed by atoms with Crippen LogP contribution < -0.4 is 15.1 Å². The SMILES string of the molecule is C=CCOc1cccc(C2c3c(oc4ccc(F)cc4c3=O)C(=O)N2c2cccc(C(F)(F)F)c2)c1. The van der Waals surface area contributed by atoms with E-state index in [2.05, 4.69) is 6.58 Å². The third kappa shape index (κ3) is 3.92. The van der Waals surface area contributed by atoms with Gasteiger partial charge in [0.25, 0.3) is 5.91 Å². The second-order valence-electron chi connectivity index (χ2n) is 8.11. The molecule has 0 saturated carbocycles. The molecule has 182 valence electrons. The van der Waals surface area contributed by atoms with Crippen molar-refractivity contribution >= 4 is 22.6 Å². The number of fused-ring (bicyclic) bond motifs is 2. The molecule has 1 aliphatic heterocycles. The van der Waals surface area contributed by atoms with E-state index in [9.17, 15) is 27.2 Å². The van der Waals surface area contributed by atoms with Crippen molar-refractivity contribution in [3.63, 3.8) is 0 Å². The van der Waals surface area contributed by atoms with Crippen molar-refractivity contribution in [2.24, 2.45) is 0 Å². The average molecular weight is 495 g/mol. The normalized spacial score (nSPS) is 15.3. The van der Waals surface area contributed by atoms with Gasteiger partial charge in [-0.15, -0.1) is 0 Å². The van der Waals surface area contributed by atoms with Crippen LogP contribution >= 0.6 is 0 Å². The van der Waals surface area contributed by atoms with Gasteiger partial charge in [-0.2, -0.15) is 13.2 Å². The third-order valence-electron chi connectivity index (χ3n) is 5.83. The first-order chi connectivity index (χ1) is 17.2. The maximum absolute atomic E-state index is 13.9. The molecule has 1 atom stereocenters. The second kappa shape index (κ2) is 8.67. The molecule has 36 heavy (non-hydrogen) atoms. The third-order valence-corrected chi connectivity index (χ3v) is 5.83. The fourth-order valence-corrected chi connectivity index (χ4v) is 4.29. The molecule has 1 unspecified atom stereocenters. The Balaban J connectivity index is 1.77. The molecule has 0 bridgehead atoms. The monoisotopic (exact) mass is 495 g/mol. The molecule has 0 saturated heterocycles. The molecule has 1 aliphatic rings. The summed E-state index contributed by atoms with van der Waals surface area (Å²) in [6.45, 7) is 3.78. The highest BCUT2D eigenvalue weighted by Crippen LogP contribution is 2.43. The standard InChI is InChI=1S/C27H17F4NO4/c1-2-11-35-19-8-3-5-15(12-19)23-22-24(33)20-14-17(28)9-10-21(20)36-25(22)26(34)32(23)18-7-4-6-16(13-18)27(29,30)31/h2-10,12-14,23H,1,11H2. The van der Waals surface area contributed by atoms with Gasteiger partial charge in [0.1, 0.15) is 23.8 Å². The van der Waals surface area contributed by atoms with Crippen molar-refractivity contribution in [1.29, 1.82) is 0 Å². The van der Waals surface area contributed by atoms with E-state index in [4.69, 9.17) is 9.15 Å². The first-order valence-electron chi connectivity index (χ1n) is 10.8. The van der Waals surface area contributed by atoms with Gasteiger partial charge in [-0.1, -0.05) is 30.9 Å². The van der Waals surface area contributed by atoms with Crippen LogP contribution in [0.25, 0.3) is 11.0 Å². The Morgan fingerprint density at radius 1 is 1.03 bits per heavy atom. The number of carbonyl (C=O) groups is 1. The van der Waals surface area contributed by atoms with Gasteiger partial charge < -0.3 is 9.15 Å². The van der Waals surface area contributed by atoms with Crippen molar-refractivity contribution in [2.75, 3.05) is 11.5 Å². The van der Waals surface area contributed by atoms with Crippen LogP contribution in [0, 0.1) is 5.82 Å². The zero-order valence-electron chi connectivity index (χ0n) is 18.5. The summed E-state index contributed by atoms with van der Waals surface area (Å²) in [4.78, 5) is 28.2. The van der Waals surface area contributed by atoms with Gasteiger partial charge in [0, 0.05) is 5.69 Å². The summed E-state index contributed by atoms with van der Waals surface area (Å²) in [6, 6.07) is 12.9. The molecule has 2 heterocycles. The molecule has 0 spiro atoms. The molecule has 1 amide bonds. The molecule has 5 rings (SSSR count). The maximum Gasteiger partial charge on any atom is 0.416 e. The molecule has 0 fully saturated rings. The summed E-state index contributed by atoms with van der Waals surface area (Å²) < 4.78 is 65.6. The topological polar surface area (TPSA) is 59.8 Å². The first-order valence-corrected chi connectivity index (χ1v) is 10.8. The molecule has 0 aliphatic carbocycles. The van der Waals surface area contributed by atoms with Crippen LogP contribution in [0.2, 0.25) is 0 Å². The predicted molar refractivity (Wildman–Crippen MR) is 125 cm³/mol. The average Bonchev–Trinajstić information content (AvgIpc) is 3.15. The minimum absolute atomic E-state index is 0.0128. The summed E-state index contributed by atoms with van der Waals surface area (Å²) in [6.07, 6.45) is -3.12. The highest BCUT2D eigenvalue weighted by atomic mass is 19.4. The number of hydrogen-bond donors (Lipinski definition) is 0. The van der Waals surface area contributed by atoms with Gasteiger partial charge in [-0.05, 0) is 54.1 Å². The lowest BCUT2D eigenvalue weighted by atomic mass is 9.98. The fourth-order valence-electron chi connectivity index (χ4n) is 4.29. The molecule has 1 aromatic heterocycles. The quantitative estimate of drug-likeness (QED) is 0.242. The summed E-state index contributed by atoms with van der Waals surface area (Å²) in [7, 11) is 0. The summed E-state index contributed by atoms with van der Waals surface area (Å²) >= 11 is 0. The van der Waals surface area contributed by atoms with E-state index < -0.39 is 34.9 Å². The second-order valence-corrected chi connectivity index (χ2v) is 8.11. The minimum Gasteiger partial charge on any atom is -0.490 e. The Labute approximate surface area is 201 Å². The molecular weight excluding hydrogens is 478 g/mol. The van der Waals surface area contributed by atoms with Gasteiger partial charge in [0.15, 0.2) is 5.43 Å². The molecule has 3 aromatic carbocycles. The number of alkyl halides is 3. The Morgan fingerprint density at radius 3 is 2.56 bits per heavy atom. The number of hydrogen-bond acceptors (Lipinski definition) is 4. The lowest BCUT2D eigenvalue weighted by Crippen LogP contribution is -2.29. The number of benzene rings is 3. The Bertz CT molecular complexity index is 1570. The number of amides is 1. The number of carbonyl (C=O) groups excluding carboxylic acids is 1. The summed E-state index contributed by atoms with van der Waals surface area (Å²) in [5.41, 5.74) is -1.42. The Hall–Kier alpha value is -4.40. The number of halogens is 4. The van der Waals surface area contributed by atoms with Crippen molar-refractivity contribution < 1.29 is 31.5 Å². The van der Waals surface area contributed by atoms with Crippen molar-refractivity contribution in [3.8, 4) is 5.75 Å². The minimum atomic E-state index is -4.65. The summed E-state index contributed by atoms with van der Waals surface area (Å²) in [5, 5.41) is -0.0866. The van der Waals surface area contributed by atoms with Crippen molar-refractivity contribution in [3.05, 3.63) is 118 Å². The number of rotatable bonds is 5. The first kappa shape index (κ1) is 23.3. The lowest BCUT2D eigenvalue weighted by molar-refractivity contribution is -0.137. The zero-order chi connectivity index (χ0) is 25.6. The van der Waals surface area contributed by atoms with E-state index >= 15 is 0 Å². The lowest BCUT2D eigenvalue weighted by Gasteiger charge is -2.26. The van der Waals surface area contributed by atoms with Crippen LogP contribution in [0.5, 0.6) is 5.75 Å². The van der Waals surface area contributed by atoms with Crippen LogP contribution in [-0.2, 0) is 6.18 Å². The van der Waals surface area contributed by atoms with Crippen LogP contribution in [-0.4, -0.2) is 12.5 Å². The van der Waals surface area contributed by atoms with Gasteiger partial charge in [0.05, 0.1) is 22.6 Å². The van der Waals surface area contributed by atoms with Crippen LogP contribution in [0.1, 0.15) is 33.3 Å². The van der Waals surface area contributed by atoms with E-state index in [0.29, 0.717) is 11.3 Å². The highest BCUT2D eigenvalue weighted by Gasteiger charge is 2.44. The smallest absolute Gasteiger partial charge is 0.416 e. The van der Waals surface area contributed by atoms with E-state index in [1.165, 1.54) is 24.3 Å². The van der Waals surface area contributed by atoms with E-state index in [-0.39, 0.29) is 34.6 Å². The van der Waals surface area contributed by atoms with Gasteiger partial charge in [-0.25, -0.2) is 4.39 Å². The molecular formula is C27H17F4NO4. The largest absolute Gasteiger partial charge is 0.490 e.